The molecule has 1 N–H and O–H groups in total. The van der Waals surface area contributed by atoms with Crippen molar-refractivity contribution in [3.8, 4) is 5.75 Å². The first-order valence-corrected chi connectivity index (χ1v) is 7.88. The third kappa shape index (κ3) is 3.02. The molecule has 0 unspecified atom stereocenters. The minimum Gasteiger partial charge on any atom is -0.505 e. The summed E-state index contributed by atoms with van der Waals surface area (Å²) in [4.78, 5) is 25.6. The van der Waals surface area contributed by atoms with Gasteiger partial charge in [0, 0.05) is 18.7 Å². The van der Waals surface area contributed by atoms with Gasteiger partial charge in [0.2, 0.25) is 0 Å². The van der Waals surface area contributed by atoms with Crippen LogP contribution in [0.4, 0.5) is 4.39 Å². The van der Waals surface area contributed by atoms with Crippen molar-refractivity contribution in [3.05, 3.63) is 29.1 Å². The number of methoxy groups -OCH3 is 1. The number of aromatic hydroxyl groups is 1. The van der Waals surface area contributed by atoms with Crippen LogP contribution in [0.25, 0.3) is 0 Å². The molecule has 6 heteroatoms. The van der Waals surface area contributed by atoms with Gasteiger partial charge in [-0.15, -0.1) is 0 Å². The number of rotatable bonds is 3. The van der Waals surface area contributed by atoms with Crippen molar-refractivity contribution in [3.63, 3.8) is 0 Å². The van der Waals surface area contributed by atoms with Crippen molar-refractivity contribution >= 4 is 11.9 Å². The summed E-state index contributed by atoms with van der Waals surface area (Å²) in [5.41, 5.74) is 1.00. The number of esters is 1. The third-order valence-electron chi connectivity index (χ3n) is 4.91. The maximum atomic E-state index is 13.4. The molecule has 1 heterocycles. The highest BCUT2D eigenvalue weighted by molar-refractivity contribution is 5.98. The second-order valence-corrected chi connectivity index (χ2v) is 6.39. The highest BCUT2D eigenvalue weighted by atomic mass is 19.1. The molecule has 0 saturated heterocycles. The molecule has 0 atom stereocenters. The zero-order valence-electron chi connectivity index (χ0n) is 13.0. The molecule has 1 saturated carbocycles. The summed E-state index contributed by atoms with van der Waals surface area (Å²) in [6.45, 7) is 0.978. The molecule has 0 radical (unpaired) electrons. The summed E-state index contributed by atoms with van der Waals surface area (Å²) in [5.74, 6) is -1.19. The van der Waals surface area contributed by atoms with Crippen molar-refractivity contribution in [1.29, 1.82) is 0 Å². The van der Waals surface area contributed by atoms with Gasteiger partial charge in [-0.25, -0.2) is 4.39 Å². The normalized spacial score (nSPS) is 23.7. The van der Waals surface area contributed by atoms with Crippen molar-refractivity contribution in [2.24, 2.45) is 11.8 Å². The van der Waals surface area contributed by atoms with Crippen LogP contribution in [0.2, 0.25) is 0 Å². The second kappa shape index (κ2) is 6.18. The minimum atomic E-state index is -0.697. The lowest BCUT2D eigenvalue weighted by molar-refractivity contribution is -0.146. The molecule has 124 valence electrons. The first-order valence-electron chi connectivity index (χ1n) is 7.88. The lowest BCUT2D eigenvalue weighted by Crippen LogP contribution is -2.33. The smallest absolute Gasteiger partial charge is 0.308 e. The van der Waals surface area contributed by atoms with E-state index in [1.807, 2.05) is 0 Å². The number of phenolic OH excluding ortho intramolecular Hbond substituents is 1. The van der Waals surface area contributed by atoms with Crippen molar-refractivity contribution < 1.29 is 23.8 Å². The summed E-state index contributed by atoms with van der Waals surface area (Å²) >= 11 is 0. The molecule has 0 bridgehead atoms. The van der Waals surface area contributed by atoms with Crippen LogP contribution >= 0.6 is 0 Å². The Morgan fingerprint density at radius 1 is 1.35 bits per heavy atom. The van der Waals surface area contributed by atoms with E-state index in [0.29, 0.717) is 30.1 Å². The number of benzene rings is 1. The van der Waals surface area contributed by atoms with E-state index >= 15 is 0 Å². The van der Waals surface area contributed by atoms with Crippen LogP contribution in [0.3, 0.4) is 0 Å². The standard InChI is InChI=1S/C17H20FNO4/c1-23-17(22)11-4-2-10(3-5-11)8-19-9-12-6-14(18)15(20)7-13(12)16(19)21/h6-7,10-11,20H,2-5,8-9H2,1H3/t10-,11-. The number of carbonyl (C=O) groups is 2. The van der Waals surface area contributed by atoms with Crippen LogP contribution in [0.15, 0.2) is 12.1 Å². The lowest BCUT2D eigenvalue weighted by atomic mass is 9.82. The van der Waals surface area contributed by atoms with Crippen LogP contribution in [0.1, 0.15) is 41.6 Å². The average Bonchev–Trinajstić information content (AvgIpc) is 2.84. The summed E-state index contributed by atoms with van der Waals surface area (Å²) < 4.78 is 18.2. The zero-order valence-corrected chi connectivity index (χ0v) is 13.0. The largest absolute Gasteiger partial charge is 0.505 e. The van der Waals surface area contributed by atoms with Gasteiger partial charge in [-0.05, 0) is 49.3 Å². The van der Waals surface area contributed by atoms with Crippen LogP contribution in [-0.2, 0) is 16.1 Å². The maximum Gasteiger partial charge on any atom is 0.308 e. The van der Waals surface area contributed by atoms with E-state index in [1.165, 1.54) is 19.2 Å². The molecule has 1 amide bonds. The predicted octanol–water partition coefficient (Wildman–Crippen LogP) is 2.47. The predicted molar refractivity (Wildman–Crippen MR) is 80.3 cm³/mol. The fourth-order valence-electron chi connectivity index (χ4n) is 3.59. The maximum absolute atomic E-state index is 13.4. The van der Waals surface area contributed by atoms with Crippen LogP contribution in [0, 0.1) is 17.7 Å². The number of nitrogens with zero attached hydrogens (tertiary/aromatic N) is 1. The number of halogens is 1. The fraction of sp³-hybridized carbons (Fsp3) is 0.529. The summed E-state index contributed by atoms with van der Waals surface area (Å²) in [6.07, 6.45) is 3.31. The molecule has 1 aliphatic heterocycles. The van der Waals surface area contributed by atoms with Crippen LogP contribution < -0.4 is 0 Å². The van der Waals surface area contributed by atoms with E-state index < -0.39 is 11.6 Å². The molecule has 23 heavy (non-hydrogen) atoms. The average molecular weight is 321 g/mol. The second-order valence-electron chi connectivity index (χ2n) is 6.39. The van der Waals surface area contributed by atoms with Gasteiger partial charge in [-0.2, -0.15) is 0 Å². The van der Waals surface area contributed by atoms with Crippen LogP contribution in [0.5, 0.6) is 5.75 Å². The minimum absolute atomic E-state index is 0.0335. The van der Waals surface area contributed by atoms with Gasteiger partial charge in [0.25, 0.3) is 5.91 Å². The van der Waals surface area contributed by atoms with Gasteiger partial charge in [0.15, 0.2) is 11.6 Å². The first-order chi connectivity index (χ1) is 11.0. The Kier molecular flexibility index (Phi) is 4.24. The molecule has 0 spiro atoms. The van der Waals surface area contributed by atoms with E-state index in [1.54, 1.807) is 4.90 Å². The third-order valence-corrected chi connectivity index (χ3v) is 4.91. The highest BCUT2D eigenvalue weighted by Crippen LogP contribution is 2.33. The molecule has 1 aromatic carbocycles. The van der Waals surface area contributed by atoms with Gasteiger partial charge in [-0.1, -0.05) is 0 Å². The van der Waals surface area contributed by atoms with Gasteiger partial charge in [0.05, 0.1) is 13.0 Å². The van der Waals surface area contributed by atoms with Gasteiger partial charge in [0.1, 0.15) is 0 Å². The highest BCUT2D eigenvalue weighted by Gasteiger charge is 2.33. The van der Waals surface area contributed by atoms with Crippen LogP contribution in [-0.4, -0.2) is 35.5 Å². The Morgan fingerprint density at radius 3 is 2.70 bits per heavy atom. The van der Waals surface area contributed by atoms with E-state index in [2.05, 4.69) is 0 Å². The number of ether oxygens (including phenoxy) is 1. The van der Waals surface area contributed by atoms with Gasteiger partial charge < -0.3 is 14.7 Å². The SMILES string of the molecule is COC(=O)[C@H]1CC[C@H](CN2Cc3cc(F)c(O)cc3C2=O)CC1. The molecule has 1 aliphatic carbocycles. The Labute approximate surface area is 134 Å². The number of hydrogen-bond donors (Lipinski definition) is 1. The number of amides is 1. The summed E-state index contributed by atoms with van der Waals surface area (Å²) in [6, 6.07) is 2.44. The summed E-state index contributed by atoms with van der Waals surface area (Å²) in [5, 5.41) is 9.42. The Morgan fingerprint density at radius 2 is 2.04 bits per heavy atom. The number of fused-ring (bicyclic) bond motifs is 1. The van der Waals surface area contributed by atoms with Crippen molar-refractivity contribution in [2.75, 3.05) is 13.7 Å². The molecule has 0 aromatic heterocycles. The quantitative estimate of drug-likeness (QED) is 0.869. The summed E-state index contributed by atoms with van der Waals surface area (Å²) in [7, 11) is 1.41. The number of phenols is 1. The number of hydrogen-bond acceptors (Lipinski definition) is 4. The van der Waals surface area contributed by atoms with Crippen molar-refractivity contribution in [2.45, 2.75) is 32.2 Å². The molecular formula is C17H20FNO4. The lowest BCUT2D eigenvalue weighted by Gasteiger charge is -2.30. The Balaban J connectivity index is 1.61. The molecule has 2 aliphatic rings. The molecule has 5 nitrogen and oxygen atoms in total. The first kappa shape index (κ1) is 15.8. The zero-order chi connectivity index (χ0) is 16.6. The molecule has 3 rings (SSSR count). The molecule has 1 aromatic rings. The van der Waals surface area contributed by atoms with E-state index in [4.69, 9.17) is 4.74 Å². The fourth-order valence-corrected chi connectivity index (χ4v) is 3.59. The Hall–Kier alpha value is -2.11. The van der Waals surface area contributed by atoms with E-state index in [-0.39, 0.29) is 17.8 Å². The van der Waals surface area contributed by atoms with Gasteiger partial charge >= 0.3 is 5.97 Å². The van der Waals surface area contributed by atoms with Crippen molar-refractivity contribution in [1.82, 2.24) is 4.90 Å². The molecule has 1 fully saturated rings. The van der Waals surface area contributed by atoms with E-state index in [9.17, 15) is 19.1 Å². The van der Waals surface area contributed by atoms with E-state index in [0.717, 1.165) is 25.7 Å². The molecular weight excluding hydrogens is 301 g/mol. The van der Waals surface area contributed by atoms with Gasteiger partial charge in [-0.3, -0.25) is 9.59 Å². The topological polar surface area (TPSA) is 66.8 Å². The number of carbonyl (C=O) groups excluding carboxylic acids is 2. The Bertz CT molecular complexity index is 638. The monoisotopic (exact) mass is 321 g/mol.